The summed E-state index contributed by atoms with van der Waals surface area (Å²) in [6.07, 6.45) is 3.90. The minimum Gasteiger partial charge on any atom is -0.488 e. The molecule has 6 heteroatoms. The van der Waals surface area contributed by atoms with E-state index < -0.39 is 0 Å². The highest BCUT2D eigenvalue weighted by Crippen LogP contribution is 2.32. The Morgan fingerprint density at radius 1 is 1.00 bits per heavy atom. The molecule has 1 saturated carbocycles. The van der Waals surface area contributed by atoms with Gasteiger partial charge in [0.2, 0.25) is 0 Å². The van der Waals surface area contributed by atoms with E-state index in [1.165, 1.54) is 0 Å². The lowest BCUT2D eigenvalue weighted by Gasteiger charge is -2.29. The van der Waals surface area contributed by atoms with Gasteiger partial charge < -0.3 is 20.1 Å². The number of hydrogen-bond acceptors (Lipinski definition) is 4. The van der Waals surface area contributed by atoms with Gasteiger partial charge in [0.25, 0.3) is 0 Å². The summed E-state index contributed by atoms with van der Waals surface area (Å²) in [5, 5.41) is 6.86. The van der Waals surface area contributed by atoms with Crippen molar-refractivity contribution in [2.75, 3.05) is 6.54 Å². The molecule has 1 heterocycles. The number of hydrogen-bond donors (Lipinski definition) is 2. The average Bonchev–Trinajstić information content (AvgIpc) is 2.84. The molecule has 2 N–H and O–H groups in total. The van der Waals surface area contributed by atoms with Crippen molar-refractivity contribution in [3.63, 3.8) is 0 Å². The molecule has 1 fully saturated rings. The van der Waals surface area contributed by atoms with Crippen molar-refractivity contribution in [1.82, 2.24) is 15.6 Å². The number of carbonyl (C=O) groups excluding carboxylic acids is 1. The number of nitrogens with one attached hydrogen (secondary N) is 2. The Bertz CT molecular complexity index is 1060. The van der Waals surface area contributed by atoms with E-state index in [9.17, 15) is 4.79 Å². The summed E-state index contributed by atoms with van der Waals surface area (Å²) in [5.74, 6) is 0.873. The van der Waals surface area contributed by atoms with Crippen LogP contribution >= 0.6 is 0 Å². The smallest absolute Gasteiger partial charge is 0.314 e. The lowest BCUT2D eigenvalue weighted by molar-refractivity contribution is 0.0103. The van der Waals surface area contributed by atoms with Gasteiger partial charge in [-0.3, -0.25) is 0 Å². The van der Waals surface area contributed by atoms with E-state index in [1.54, 1.807) is 0 Å². The van der Waals surface area contributed by atoms with Crippen LogP contribution in [-0.4, -0.2) is 29.7 Å². The monoisotopic (exact) mass is 447 g/mol. The van der Waals surface area contributed by atoms with Crippen LogP contribution < -0.4 is 15.4 Å². The molecular weight excluding hydrogens is 414 g/mol. The second-order valence-corrected chi connectivity index (χ2v) is 8.59. The Morgan fingerprint density at radius 3 is 2.48 bits per heavy atom. The molecule has 4 rings (SSSR count). The van der Waals surface area contributed by atoms with Gasteiger partial charge in [0.15, 0.2) is 0 Å². The van der Waals surface area contributed by atoms with Crippen LogP contribution in [0.5, 0.6) is 5.75 Å². The summed E-state index contributed by atoms with van der Waals surface area (Å²) in [6, 6.07) is 18.4. The van der Waals surface area contributed by atoms with Crippen LogP contribution in [0.3, 0.4) is 0 Å². The van der Waals surface area contributed by atoms with Gasteiger partial charge >= 0.3 is 6.03 Å². The highest BCUT2D eigenvalue weighted by Gasteiger charge is 2.23. The predicted octanol–water partition coefficient (Wildman–Crippen LogP) is 5.27. The number of urea groups is 1. The van der Waals surface area contributed by atoms with Crippen molar-refractivity contribution in [1.29, 1.82) is 0 Å². The number of benzene rings is 2. The number of para-hydroxylation sites is 1. The summed E-state index contributed by atoms with van der Waals surface area (Å²) in [5.41, 5.74) is 3.99. The lowest BCUT2D eigenvalue weighted by Crippen LogP contribution is -2.44. The molecular formula is C27H33N3O3. The van der Waals surface area contributed by atoms with E-state index >= 15 is 0 Å². The van der Waals surface area contributed by atoms with E-state index in [2.05, 4.69) is 35.8 Å². The second kappa shape index (κ2) is 11.1. The van der Waals surface area contributed by atoms with Crippen LogP contribution in [-0.2, 0) is 18.0 Å². The summed E-state index contributed by atoms with van der Waals surface area (Å²) < 4.78 is 12.6. The van der Waals surface area contributed by atoms with Crippen LogP contribution in [0.2, 0.25) is 0 Å². The Balaban J connectivity index is 1.41. The van der Waals surface area contributed by atoms with E-state index in [1.807, 2.05) is 43.3 Å². The lowest BCUT2D eigenvalue weighted by atomic mass is 9.93. The van der Waals surface area contributed by atoms with Crippen molar-refractivity contribution in [3.8, 4) is 5.75 Å². The topological polar surface area (TPSA) is 72.5 Å². The zero-order chi connectivity index (χ0) is 23.0. The minimum atomic E-state index is -0.0825. The van der Waals surface area contributed by atoms with Crippen LogP contribution in [0.1, 0.15) is 49.4 Å². The largest absolute Gasteiger partial charge is 0.488 e. The maximum absolute atomic E-state index is 11.8. The Morgan fingerprint density at radius 2 is 1.73 bits per heavy atom. The second-order valence-electron chi connectivity index (χ2n) is 8.59. The zero-order valence-corrected chi connectivity index (χ0v) is 19.5. The Kier molecular flexibility index (Phi) is 7.79. The van der Waals surface area contributed by atoms with Crippen LogP contribution in [0.4, 0.5) is 4.79 Å². The third-order valence-corrected chi connectivity index (χ3v) is 6.21. The van der Waals surface area contributed by atoms with Crippen molar-refractivity contribution in [2.24, 2.45) is 0 Å². The van der Waals surface area contributed by atoms with Crippen LogP contribution in [0, 0.1) is 6.92 Å². The molecule has 0 aliphatic heterocycles. The number of rotatable bonds is 8. The van der Waals surface area contributed by atoms with Gasteiger partial charge in [-0.15, -0.1) is 0 Å². The third-order valence-electron chi connectivity index (χ3n) is 6.21. The fraction of sp³-hybridized carbons (Fsp3) is 0.407. The maximum atomic E-state index is 11.8. The molecule has 0 radical (unpaired) electrons. The Labute approximate surface area is 195 Å². The highest BCUT2D eigenvalue weighted by atomic mass is 16.5. The molecule has 0 saturated heterocycles. The van der Waals surface area contributed by atoms with Crippen molar-refractivity contribution in [2.45, 2.75) is 64.9 Å². The fourth-order valence-corrected chi connectivity index (χ4v) is 4.35. The average molecular weight is 448 g/mol. The Hall–Kier alpha value is -3.12. The van der Waals surface area contributed by atoms with E-state index in [0.717, 1.165) is 59.2 Å². The SMILES string of the molecule is CCNC(=O)N[C@H]1CC[C@H](OCc2nc3ccccc3c(OCc3ccccc3)c2C)CC1. The molecule has 1 aromatic heterocycles. The molecule has 2 amide bonds. The van der Waals surface area contributed by atoms with Gasteiger partial charge in [0, 0.05) is 23.5 Å². The first-order valence-electron chi connectivity index (χ1n) is 11.8. The summed E-state index contributed by atoms with van der Waals surface area (Å²) in [4.78, 5) is 16.6. The van der Waals surface area contributed by atoms with Gasteiger partial charge in [0.1, 0.15) is 12.4 Å². The minimum absolute atomic E-state index is 0.0825. The normalized spacial score (nSPS) is 18.1. The number of fused-ring (bicyclic) bond motifs is 1. The molecule has 33 heavy (non-hydrogen) atoms. The first-order valence-corrected chi connectivity index (χ1v) is 11.8. The van der Waals surface area contributed by atoms with Gasteiger partial charge in [-0.25, -0.2) is 9.78 Å². The van der Waals surface area contributed by atoms with E-state index in [4.69, 9.17) is 14.5 Å². The molecule has 0 spiro atoms. The van der Waals surface area contributed by atoms with Crippen molar-refractivity contribution in [3.05, 3.63) is 71.4 Å². The predicted molar refractivity (Wildman–Crippen MR) is 130 cm³/mol. The van der Waals surface area contributed by atoms with Gasteiger partial charge in [-0.1, -0.05) is 42.5 Å². The van der Waals surface area contributed by atoms with Crippen LogP contribution in [0.15, 0.2) is 54.6 Å². The van der Waals surface area contributed by atoms with Crippen LogP contribution in [0.25, 0.3) is 10.9 Å². The number of amides is 2. The summed E-state index contributed by atoms with van der Waals surface area (Å²) >= 11 is 0. The molecule has 3 aromatic rings. The number of aromatic nitrogens is 1. The molecule has 1 aliphatic rings. The molecule has 174 valence electrons. The number of ether oxygens (including phenoxy) is 2. The number of pyridine rings is 1. The van der Waals surface area contributed by atoms with Crippen molar-refractivity contribution < 1.29 is 14.3 Å². The molecule has 1 aliphatic carbocycles. The molecule has 6 nitrogen and oxygen atoms in total. The van der Waals surface area contributed by atoms with Gasteiger partial charge in [-0.2, -0.15) is 0 Å². The van der Waals surface area contributed by atoms with E-state index in [-0.39, 0.29) is 18.2 Å². The third kappa shape index (κ3) is 6.02. The first kappa shape index (κ1) is 23.1. The summed E-state index contributed by atoms with van der Waals surface area (Å²) in [6.45, 7) is 5.59. The fourth-order valence-electron chi connectivity index (χ4n) is 4.35. The van der Waals surface area contributed by atoms with E-state index in [0.29, 0.717) is 19.8 Å². The summed E-state index contributed by atoms with van der Waals surface area (Å²) in [7, 11) is 0. The molecule has 2 aromatic carbocycles. The maximum Gasteiger partial charge on any atom is 0.314 e. The standard InChI is InChI=1S/C27H33N3O3/c1-3-28-27(31)29-21-13-15-22(16-14-21)32-18-25-19(2)26(23-11-7-8-12-24(23)30-25)33-17-20-9-5-4-6-10-20/h4-12,21-22H,3,13-18H2,1-2H3,(H2,28,29,31)/t21-,22-. The molecule has 0 bridgehead atoms. The van der Waals surface area contributed by atoms with Gasteiger partial charge in [0.05, 0.1) is 23.9 Å². The molecule has 0 atom stereocenters. The first-order chi connectivity index (χ1) is 16.1. The number of carbonyl (C=O) groups is 1. The van der Waals surface area contributed by atoms with Gasteiger partial charge in [-0.05, 0) is 57.2 Å². The molecule has 0 unspecified atom stereocenters. The highest BCUT2D eigenvalue weighted by molar-refractivity contribution is 5.86. The number of nitrogens with zero attached hydrogens (tertiary/aromatic N) is 1. The van der Waals surface area contributed by atoms with Crippen molar-refractivity contribution >= 4 is 16.9 Å². The quantitative estimate of drug-likeness (QED) is 0.493. The zero-order valence-electron chi connectivity index (χ0n) is 19.5.